The molecule has 0 radical (unpaired) electrons. The molecule has 1 unspecified atom stereocenters. The first-order valence-corrected chi connectivity index (χ1v) is 4.96. The Balaban J connectivity index is 0.000000921. The molecule has 0 saturated carbocycles. The van der Waals surface area contributed by atoms with Crippen LogP contribution < -0.4 is 0 Å². The third kappa shape index (κ3) is 4.96. The summed E-state index contributed by atoms with van der Waals surface area (Å²) in [6.07, 6.45) is 0.525. The van der Waals surface area contributed by atoms with E-state index in [0.29, 0.717) is 6.29 Å². The number of aliphatic carboxylic acids is 1. The largest absolute Gasteiger partial charge is 0.481 e. The number of rotatable bonds is 4. The molecule has 0 aliphatic rings. The summed E-state index contributed by atoms with van der Waals surface area (Å²) in [6.45, 7) is 4.00. The van der Waals surface area contributed by atoms with Crippen LogP contribution in [0, 0.1) is 0 Å². The first kappa shape index (κ1) is 13.4. The normalized spacial score (nSPS) is 10.8. The number of aldehydes is 1. The Labute approximate surface area is 89.7 Å². The van der Waals surface area contributed by atoms with Crippen LogP contribution in [0.3, 0.4) is 0 Å². The fourth-order valence-corrected chi connectivity index (χ4v) is 1.13. The molecule has 1 rings (SSSR count). The zero-order chi connectivity index (χ0) is 11.7. The van der Waals surface area contributed by atoms with Crippen molar-refractivity contribution in [2.45, 2.75) is 26.2 Å². The Morgan fingerprint density at radius 1 is 1.33 bits per heavy atom. The number of carboxylic acid groups (broad SMARTS) is 1. The van der Waals surface area contributed by atoms with E-state index < -0.39 is 11.9 Å². The van der Waals surface area contributed by atoms with Crippen molar-refractivity contribution < 1.29 is 14.7 Å². The average molecular weight is 208 g/mol. The third-order valence-corrected chi connectivity index (χ3v) is 1.79. The number of hydrogen-bond donors (Lipinski definition) is 1. The van der Waals surface area contributed by atoms with Crippen LogP contribution in [0.2, 0.25) is 0 Å². The summed E-state index contributed by atoms with van der Waals surface area (Å²) in [5, 5.41) is 8.52. The van der Waals surface area contributed by atoms with Crippen molar-refractivity contribution in [2.24, 2.45) is 0 Å². The topological polar surface area (TPSA) is 54.4 Å². The highest BCUT2D eigenvalue weighted by molar-refractivity contribution is 5.75. The van der Waals surface area contributed by atoms with Crippen molar-refractivity contribution in [1.29, 1.82) is 0 Å². The lowest BCUT2D eigenvalue weighted by atomic mass is 9.98. The maximum absolute atomic E-state index is 10.6. The van der Waals surface area contributed by atoms with E-state index in [1.165, 1.54) is 0 Å². The molecule has 0 saturated heterocycles. The molecule has 3 heteroatoms. The van der Waals surface area contributed by atoms with Gasteiger partial charge in [-0.15, -0.1) is 0 Å². The summed E-state index contributed by atoms with van der Waals surface area (Å²) in [7, 11) is 0. The van der Waals surface area contributed by atoms with E-state index in [4.69, 9.17) is 5.11 Å². The van der Waals surface area contributed by atoms with Crippen molar-refractivity contribution in [3.63, 3.8) is 0 Å². The van der Waals surface area contributed by atoms with Gasteiger partial charge in [0.15, 0.2) is 0 Å². The predicted molar refractivity (Wildman–Crippen MR) is 58.8 cm³/mol. The Morgan fingerprint density at radius 2 is 1.87 bits per heavy atom. The van der Waals surface area contributed by atoms with E-state index in [9.17, 15) is 9.59 Å². The smallest absolute Gasteiger partial charge is 0.304 e. The summed E-state index contributed by atoms with van der Waals surface area (Å²) in [6, 6.07) is 8.90. The minimum absolute atomic E-state index is 0.145. The van der Waals surface area contributed by atoms with Gasteiger partial charge in [0, 0.05) is 0 Å². The summed E-state index contributed by atoms with van der Waals surface area (Å²) in [4.78, 5) is 21.0. The van der Waals surface area contributed by atoms with E-state index in [0.717, 1.165) is 5.56 Å². The van der Waals surface area contributed by atoms with E-state index in [1.807, 2.05) is 19.9 Å². The molecule has 1 N–H and O–H groups in total. The molecule has 1 atom stereocenters. The second-order valence-electron chi connectivity index (χ2n) is 2.75. The first-order valence-electron chi connectivity index (χ1n) is 4.96. The van der Waals surface area contributed by atoms with Gasteiger partial charge in [0.05, 0.1) is 12.3 Å². The zero-order valence-corrected chi connectivity index (χ0v) is 9.01. The molecule has 0 aliphatic heterocycles. The molecule has 0 aromatic heterocycles. The van der Waals surface area contributed by atoms with Crippen molar-refractivity contribution in [3.8, 4) is 0 Å². The third-order valence-electron chi connectivity index (χ3n) is 1.79. The van der Waals surface area contributed by atoms with Gasteiger partial charge in [-0.3, -0.25) is 4.79 Å². The van der Waals surface area contributed by atoms with Gasteiger partial charge in [-0.1, -0.05) is 44.2 Å². The zero-order valence-electron chi connectivity index (χ0n) is 9.01. The molecule has 0 bridgehead atoms. The Morgan fingerprint density at radius 3 is 2.27 bits per heavy atom. The Bertz CT molecular complexity index is 293. The minimum Gasteiger partial charge on any atom is -0.481 e. The van der Waals surface area contributed by atoms with Gasteiger partial charge in [0.1, 0.15) is 6.29 Å². The molecule has 82 valence electrons. The molecule has 0 aliphatic carbocycles. The van der Waals surface area contributed by atoms with Crippen LogP contribution >= 0.6 is 0 Å². The summed E-state index contributed by atoms with van der Waals surface area (Å²) in [5.74, 6) is -1.49. The monoisotopic (exact) mass is 208 g/mol. The van der Waals surface area contributed by atoms with Crippen molar-refractivity contribution in [2.75, 3.05) is 0 Å². The SMILES string of the molecule is CC.O=CC(CC(=O)O)c1ccccc1. The fourth-order valence-electron chi connectivity index (χ4n) is 1.13. The predicted octanol–water partition coefficient (Wildman–Crippen LogP) is 2.47. The van der Waals surface area contributed by atoms with Gasteiger partial charge in [0.25, 0.3) is 0 Å². The van der Waals surface area contributed by atoms with Crippen molar-refractivity contribution in [3.05, 3.63) is 35.9 Å². The van der Waals surface area contributed by atoms with Crippen LogP contribution in [0.25, 0.3) is 0 Å². The first-order chi connectivity index (χ1) is 7.24. The summed E-state index contributed by atoms with van der Waals surface area (Å²) < 4.78 is 0. The Kier molecular flexibility index (Phi) is 6.89. The van der Waals surface area contributed by atoms with Crippen LogP contribution in [0.5, 0.6) is 0 Å². The molecule has 3 nitrogen and oxygen atoms in total. The summed E-state index contributed by atoms with van der Waals surface area (Å²) >= 11 is 0. The molecule has 15 heavy (non-hydrogen) atoms. The molecule has 1 aromatic carbocycles. The van der Waals surface area contributed by atoms with Crippen molar-refractivity contribution in [1.82, 2.24) is 0 Å². The average Bonchev–Trinajstić information content (AvgIpc) is 2.29. The second kappa shape index (κ2) is 7.74. The van der Waals surface area contributed by atoms with Gasteiger partial charge in [-0.25, -0.2) is 0 Å². The minimum atomic E-state index is -0.957. The highest BCUT2D eigenvalue weighted by Gasteiger charge is 2.13. The van der Waals surface area contributed by atoms with E-state index in [2.05, 4.69) is 0 Å². The highest BCUT2D eigenvalue weighted by atomic mass is 16.4. The van der Waals surface area contributed by atoms with Gasteiger partial charge in [0.2, 0.25) is 0 Å². The molecule has 0 amide bonds. The van der Waals surface area contributed by atoms with Crippen molar-refractivity contribution >= 4 is 12.3 Å². The maximum Gasteiger partial charge on any atom is 0.304 e. The van der Waals surface area contributed by atoms with Crippen LogP contribution in [-0.4, -0.2) is 17.4 Å². The lowest BCUT2D eigenvalue weighted by Crippen LogP contribution is -2.07. The van der Waals surface area contributed by atoms with E-state index in [1.54, 1.807) is 24.3 Å². The van der Waals surface area contributed by atoms with Gasteiger partial charge < -0.3 is 9.90 Å². The number of carbonyl (C=O) groups is 2. The lowest BCUT2D eigenvalue weighted by Gasteiger charge is -2.06. The highest BCUT2D eigenvalue weighted by Crippen LogP contribution is 2.16. The number of benzene rings is 1. The van der Waals surface area contributed by atoms with Gasteiger partial charge in [-0.2, -0.15) is 0 Å². The molecule has 0 fully saturated rings. The van der Waals surface area contributed by atoms with Crippen LogP contribution in [0.4, 0.5) is 0 Å². The van der Waals surface area contributed by atoms with Gasteiger partial charge >= 0.3 is 5.97 Å². The van der Waals surface area contributed by atoms with Gasteiger partial charge in [-0.05, 0) is 5.56 Å². The number of hydrogen-bond acceptors (Lipinski definition) is 2. The molecular weight excluding hydrogens is 192 g/mol. The van der Waals surface area contributed by atoms with E-state index >= 15 is 0 Å². The number of carboxylic acids is 1. The Hall–Kier alpha value is -1.64. The fraction of sp³-hybridized carbons (Fsp3) is 0.333. The molecular formula is C12H16O3. The maximum atomic E-state index is 10.6. The quantitative estimate of drug-likeness (QED) is 0.773. The van der Waals surface area contributed by atoms with Crippen LogP contribution in [0.1, 0.15) is 31.7 Å². The van der Waals surface area contributed by atoms with Crippen LogP contribution in [-0.2, 0) is 9.59 Å². The second-order valence-corrected chi connectivity index (χ2v) is 2.75. The molecule has 1 aromatic rings. The van der Waals surface area contributed by atoms with E-state index in [-0.39, 0.29) is 6.42 Å². The van der Waals surface area contributed by atoms with Crippen LogP contribution in [0.15, 0.2) is 30.3 Å². The summed E-state index contributed by atoms with van der Waals surface area (Å²) in [5.41, 5.74) is 0.750. The standard InChI is InChI=1S/C10H10O3.C2H6/c11-7-9(6-10(12)13)8-4-2-1-3-5-8;1-2/h1-5,7,9H,6H2,(H,12,13);1-2H3. The molecule has 0 heterocycles. The molecule has 0 spiro atoms. The number of carbonyl (C=O) groups excluding carboxylic acids is 1. The lowest BCUT2D eigenvalue weighted by molar-refractivity contribution is -0.138.